The molecule has 2 aromatic rings. The van der Waals surface area contributed by atoms with Gasteiger partial charge in [-0.15, -0.1) is 0 Å². The molecule has 1 N–H and O–H groups in total. The summed E-state index contributed by atoms with van der Waals surface area (Å²) in [7, 11) is -3.48. The molecule has 0 heterocycles. The van der Waals surface area contributed by atoms with E-state index in [2.05, 4.69) is 5.32 Å². The van der Waals surface area contributed by atoms with Crippen LogP contribution in [0.25, 0.3) is 0 Å². The highest BCUT2D eigenvalue weighted by molar-refractivity contribution is 7.92. The topological polar surface area (TPSA) is 66.5 Å². The van der Waals surface area contributed by atoms with Crippen LogP contribution in [0.1, 0.15) is 36.1 Å². The van der Waals surface area contributed by atoms with Crippen LogP contribution in [0.15, 0.2) is 48.5 Å². The molecule has 0 bridgehead atoms. The Kier molecular flexibility index (Phi) is 6.42. The van der Waals surface area contributed by atoms with E-state index in [9.17, 15) is 13.2 Å². The van der Waals surface area contributed by atoms with Crippen LogP contribution in [0.4, 0.5) is 5.69 Å². The number of rotatable bonds is 7. The summed E-state index contributed by atoms with van der Waals surface area (Å²) in [6, 6.07) is 15.1. The van der Waals surface area contributed by atoms with Gasteiger partial charge in [-0.3, -0.25) is 9.10 Å². The van der Waals surface area contributed by atoms with Crippen LogP contribution in [0, 0.1) is 13.8 Å². The molecule has 1 amide bonds. The Bertz CT molecular complexity index is 864. The molecule has 0 aromatic heterocycles. The molecule has 6 heteroatoms. The number of carbonyl (C=O) groups excluding carboxylic acids is 1. The van der Waals surface area contributed by atoms with Crippen LogP contribution in [-0.2, 0) is 14.8 Å². The van der Waals surface area contributed by atoms with Crippen molar-refractivity contribution in [3.8, 4) is 0 Å². The highest BCUT2D eigenvalue weighted by Gasteiger charge is 2.20. The molecule has 1 atom stereocenters. The predicted octanol–water partition coefficient (Wildman–Crippen LogP) is 3.34. The number of benzene rings is 2. The number of aryl methyl sites for hydroxylation is 2. The maximum Gasteiger partial charge on any atom is 0.232 e. The van der Waals surface area contributed by atoms with Crippen molar-refractivity contribution in [2.45, 2.75) is 33.2 Å². The summed E-state index contributed by atoms with van der Waals surface area (Å²) >= 11 is 0. The number of sulfonamides is 1. The van der Waals surface area contributed by atoms with Gasteiger partial charge in [0.25, 0.3) is 0 Å². The second-order valence-electron chi connectivity index (χ2n) is 6.57. The van der Waals surface area contributed by atoms with Crippen molar-refractivity contribution in [3.63, 3.8) is 0 Å². The van der Waals surface area contributed by atoms with Gasteiger partial charge in [0.1, 0.15) is 0 Å². The van der Waals surface area contributed by atoms with E-state index in [0.29, 0.717) is 5.69 Å². The molecule has 140 valence electrons. The summed E-state index contributed by atoms with van der Waals surface area (Å²) in [4.78, 5) is 12.3. The molecular weight excluding hydrogens is 348 g/mol. The van der Waals surface area contributed by atoms with E-state index in [0.717, 1.165) is 22.9 Å². The van der Waals surface area contributed by atoms with Gasteiger partial charge in [-0.25, -0.2) is 8.42 Å². The van der Waals surface area contributed by atoms with Gasteiger partial charge in [-0.2, -0.15) is 0 Å². The Labute approximate surface area is 156 Å². The van der Waals surface area contributed by atoms with E-state index in [1.54, 1.807) is 6.07 Å². The van der Waals surface area contributed by atoms with Gasteiger partial charge in [-0.1, -0.05) is 48.0 Å². The van der Waals surface area contributed by atoms with Crippen LogP contribution < -0.4 is 9.62 Å². The predicted molar refractivity (Wildman–Crippen MR) is 106 cm³/mol. The smallest absolute Gasteiger partial charge is 0.232 e. The van der Waals surface area contributed by atoms with Crippen molar-refractivity contribution in [1.82, 2.24) is 5.32 Å². The third kappa shape index (κ3) is 5.33. The van der Waals surface area contributed by atoms with E-state index in [-0.39, 0.29) is 24.9 Å². The first-order valence-corrected chi connectivity index (χ1v) is 10.4. The molecule has 2 rings (SSSR count). The molecule has 0 radical (unpaired) electrons. The summed E-state index contributed by atoms with van der Waals surface area (Å²) in [6.45, 7) is 5.85. The quantitative estimate of drug-likeness (QED) is 0.808. The average Bonchev–Trinajstić information content (AvgIpc) is 2.56. The van der Waals surface area contributed by atoms with Crippen molar-refractivity contribution >= 4 is 21.6 Å². The van der Waals surface area contributed by atoms with E-state index in [1.807, 2.05) is 63.2 Å². The maximum absolute atomic E-state index is 12.3. The van der Waals surface area contributed by atoms with Crippen molar-refractivity contribution in [2.75, 3.05) is 17.1 Å². The van der Waals surface area contributed by atoms with Crippen LogP contribution in [-0.4, -0.2) is 27.1 Å². The molecule has 26 heavy (non-hydrogen) atoms. The molecule has 2 aromatic carbocycles. The van der Waals surface area contributed by atoms with Gasteiger partial charge >= 0.3 is 0 Å². The molecule has 0 aliphatic rings. The largest absolute Gasteiger partial charge is 0.350 e. The van der Waals surface area contributed by atoms with E-state index in [1.165, 1.54) is 4.31 Å². The number of amides is 1. The minimum absolute atomic E-state index is 0.0948. The Balaban J connectivity index is 2.07. The van der Waals surface area contributed by atoms with Crippen LogP contribution >= 0.6 is 0 Å². The first-order valence-electron chi connectivity index (χ1n) is 8.58. The van der Waals surface area contributed by atoms with Gasteiger partial charge in [0.15, 0.2) is 0 Å². The number of hydrogen-bond acceptors (Lipinski definition) is 3. The number of carbonyl (C=O) groups is 1. The molecule has 0 aliphatic carbocycles. The van der Waals surface area contributed by atoms with Gasteiger partial charge in [0.05, 0.1) is 18.0 Å². The highest BCUT2D eigenvalue weighted by Crippen LogP contribution is 2.24. The Morgan fingerprint density at radius 2 is 1.77 bits per heavy atom. The first-order chi connectivity index (χ1) is 12.2. The normalized spacial score (nSPS) is 12.5. The fraction of sp³-hybridized carbons (Fsp3) is 0.350. The van der Waals surface area contributed by atoms with Crippen molar-refractivity contribution in [1.29, 1.82) is 0 Å². The van der Waals surface area contributed by atoms with Gasteiger partial charge < -0.3 is 5.32 Å². The van der Waals surface area contributed by atoms with Gasteiger partial charge in [0, 0.05) is 13.0 Å². The molecular formula is C20H26N2O3S. The lowest BCUT2D eigenvalue weighted by atomic mass is 10.1. The summed E-state index contributed by atoms with van der Waals surface area (Å²) in [5.41, 5.74) is 3.56. The lowest BCUT2D eigenvalue weighted by molar-refractivity contribution is -0.121. The number of hydrogen-bond donors (Lipinski definition) is 1. The summed E-state index contributed by atoms with van der Waals surface area (Å²) in [5, 5.41) is 2.92. The Morgan fingerprint density at radius 1 is 1.12 bits per heavy atom. The summed E-state index contributed by atoms with van der Waals surface area (Å²) in [5.74, 6) is -0.181. The van der Waals surface area contributed by atoms with Crippen molar-refractivity contribution in [3.05, 3.63) is 65.2 Å². The fourth-order valence-electron chi connectivity index (χ4n) is 2.89. The average molecular weight is 375 g/mol. The Morgan fingerprint density at radius 3 is 2.35 bits per heavy atom. The molecule has 0 saturated carbocycles. The SMILES string of the molecule is Cc1ccc(N(CCC(=O)NC(C)c2ccccc2)S(C)(=O)=O)c(C)c1. The molecule has 0 saturated heterocycles. The minimum atomic E-state index is -3.48. The fourth-order valence-corrected chi connectivity index (χ4v) is 3.88. The van der Waals surface area contributed by atoms with Gasteiger partial charge in [0.2, 0.25) is 15.9 Å². The molecule has 0 fully saturated rings. The first kappa shape index (κ1) is 20.0. The maximum atomic E-state index is 12.3. The Hall–Kier alpha value is -2.34. The zero-order valence-electron chi connectivity index (χ0n) is 15.7. The lowest BCUT2D eigenvalue weighted by Gasteiger charge is -2.24. The minimum Gasteiger partial charge on any atom is -0.350 e. The van der Waals surface area contributed by atoms with Crippen LogP contribution in [0.5, 0.6) is 0 Å². The van der Waals surface area contributed by atoms with Crippen molar-refractivity contribution in [2.24, 2.45) is 0 Å². The molecule has 5 nitrogen and oxygen atoms in total. The number of nitrogens with zero attached hydrogens (tertiary/aromatic N) is 1. The monoisotopic (exact) mass is 374 g/mol. The summed E-state index contributed by atoms with van der Waals surface area (Å²) in [6.07, 6.45) is 1.26. The van der Waals surface area contributed by atoms with Crippen molar-refractivity contribution < 1.29 is 13.2 Å². The zero-order valence-corrected chi connectivity index (χ0v) is 16.5. The molecule has 0 aliphatic heterocycles. The lowest BCUT2D eigenvalue weighted by Crippen LogP contribution is -2.35. The van der Waals surface area contributed by atoms with E-state index in [4.69, 9.17) is 0 Å². The molecule has 1 unspecified atom stereocenters. The second kappa shape index (κ2) is 8.36. The van der Waals surface area contributed by atoms with Gasteiger partial charge in [-0.05, 0) is 38.0 Å². The summed E-state index contributed by atoms with van der Waals surface area (Å²) < 4.78 is 25.7. The number of nitrogens with one attached hydrogen (secondary N) is 1. The standard InChI is InChI=1S/C20H26N2O3S/c1-15-10-11-19(16(2)14-15)22(26(4,24)25)13-12-20(23)21-17(3)18-8-6-5-7-9-18/h5-11,14,17H,12-13H2,1-4H3,(H,21,23). The third-order valence-electron chi connectivity index (χ3n) is 4.24. The highest BCUT2D eigenvalue weighted by atomic mass is 32.2. The van der Waals surface area contributed by atoms with Crippen LogP contribution in [0.2, 0.25) is 0 Å². The van der Waals surface area contributed by atoms with E-state index >= 15 is 0 Å². The second-order valence-corrected chi connectivity index (χ2v) is 8.48. The zero-order chi connectivity index (χ0) is 19.3. The van der Waals surface area contributed by atoms with E-state index < -0.39 is 10.0 Å². The van der Waals surface area contributed by atoms with Crippen LogP contribution in [0.3, 0.4) is 0 Å². The molecule has 0 spiro atoms. The number of anilines is 1. The third-order valence-corrected chi connectivity index (χ3v) is 5.42.